The van der Waals surface area contributed by atoms with Crippen LogP contribution in [0.25, 0.3) is 5.65 Å². The standard InChI is InChI=1S/C15H16N8O/c1-10-6-17-12(7-16-10)15(24)19-11-4-5-22(8-11)14-3-2-13-20-18-9-23(13)21-14/h2-3,6-7,9,11H,4-5,8H2,1H3,(H,19,24). The van der Waals surface area contributed by atoms with E-state index >= 15 is 0 Å². The largest absolute Gasteiger partial charge is 0.353 e. The van der Waals surface area contributed by atoms with Crippen LogP contribution in [0.4, 0.5) is 5.82 Å². The molecule has 0 saturated carbocycles. The summed E-state index contributed by atoms with van der Waals surface area (Å²) in [4.78, 5) is 22.6. The fourth-order valence-corrected chi connectivity index (χ4v) is 2.74. The number of aromatic nitrogens is 6. The van der Waals surface area contributed by atoms with Crippen LogP contribution in [0.3, 0.4) is 0 Å². The highest BCUT2D eigenvalue weighted by atomic mass is 16.2. The van der Waals surface area contributed by atoms with Gasteiger partial charge in [0.15, 0.2) is 5.65 Å². The normalized spacial score (nSPS) is 17.4. The minimum atomic E-state index is -0.198. The molecule has 0 radical (unpaired) electrons. The first-order valence-electron chi connectivity index (χ1n) is 7.70. The van der Waals surface area contributed by atoms with E-state index in [1.165, 1.54) is 6.20 Å². The van der Waals surface area contributed by atoms with Crippen molar-refractivity contribution in [3.63, 3.8) is 0 Å². The highest BCUT2D eigenvalue weighted by Gasteiger charge is 2.26. The average molecular weight is 324 g/mol. The molecule has 24 heavy (non-hydrogen) atoms. The number of amides is 1. The van der Waals surface area contributed by atoms with Crippen molar-refractivity contribution in [2.75, 3.05) is 18.0 Å². The Kier molecular flexibility index (Phi) is 3.52. The number of nitrogens with one attached hydrogen (secondary N) is 1. The smallest absolute Gasteiger partial charge is 0.271 e. The Bertz CT molecular complexity index is 875. The van der Waals surface area contributed by atoms with Crippen LogP contribution in [-0.2, 0) is 0 Å². The lowest BCUT2D eigenvalue weighted by Crippen LogP contribution is -2.37. The van der Waals surface area contributed by atoms with Crippen LogP contribution in [0.5, 0.6) is 0 Å². The maximum atomic E-state index is 12.2. The maximum Gasteiger partial charge on any atom is 0.271 e. The van der Waals surface area contributed by atoms with Crippen LogP contribution in [0.15, 0.2) is 30.9 Å². The summed E-state index contributed by atoms with van der Waals surface area (Å²) in [6, 6.07) is 3.85. The Balaban J connectivity index is 1.42. The molecule has 0 spiro atoms. The van der Waals surface area contributed by atoms with Crippen LogP contribution >= 0.6 is 0 Å². The minimum Gasteiger partial charge on any atom is -0.353 e. The van der Waals surface area contributed by atoms with Crippen molar-refractivity contribution in [2.24, 2.45) is 0 Å². The number of hydrogen-bond donors (Lipinski definition) is 1. The first-order chi connectivity index (χ1) is 11.7. The number of hydrogen-bond acceptors (Lipinski definition) is 7. The lowest BCUT2D eigenvalue weighted by molar-refractivity contribution is 0.0935. The van der Waals surface area contributed by atoms with Gasteiger partial charge in [0.05, 0.1) is 11.9 Å². The second kappa shape index (κ2) is 5.84. The summed E-state index contributed by atoms with van der Waals surface area (Å²) in [7, 11) is 0. The highest BCUT2D eigenvalue weighted by molar-refractivity contribution is 5.92. The quantitative estimate of drug-likeness (QED) is 0.736. The second-order valence-corrected chi connectivity index (χ2v) is 5.77. The molecule has 3 aromatic rings. The molecule has 0 bridgehead atoms. The van der Waals surface area contributed by atoms with Gasteiger partial charge in [0.2, 0.25) is 0 Å². The third-order valence-electron chi connectivity index (χ3n) is 4.01. The van der Waals surface area contributed by atoms with Crippen molar-refractivity contribution in [2.45, 2.75) is 19.4 Å². The van der Waals surface area contributed by atoms with Gasteiger partial charge in [-0.3, -0.25) is 9.78 Å². The zero-order valence-corrected chi connectivity index (χ0v) is 13.1. The van der Waals surface area contributed by atoms with Gasteiger partial charge in [0.25, 0.3) is 5.91 Å². The summed E-state index contributed by atoms with van der Waals surface area (Å²) in [5.41, 5.74) is 1.83. The molecule has 1 atom stereocenters. The molecule has 1 aliphatic heterocycles. The van der Waals surface area contributed by atoms with Crippen LogP contribution in [0, 0.1) is 6.92 Å². The van der Waals surface area contributed by atoms with Gasteiger partial charge in [-0.1, -0.05) is 0 Å². The first kappa shape index (κ1) is 14.5. The molecule has 1 fully saturated rings. The van der Waals surface area contributed by atoms with Gasteiger partial charge in [-0.15, -0.1) is 15.3 Å². The van der Waals surface area contributed by atoms with Gasteiger partial charge in [-0.05, 0) is 25.5 Å². The number of anilines is 1. The topological polar surface area (TPSA) is 101 Å². The zero-order chi connectivity index (χ0) is 16.5. The van der Waals surface area contributed by atoms with E-state index in [9.17, 15) is 4.79 Å². The Morgan fingerprint density at radius 1 is 1.29 bits per heavy atom. The van der Waals surface area contributed by atoms with E-state index in [4.69, 9.17) is 0 Å². The molecule has 1 N–H and O–H groups in total. The Morgan fingerprint density at radius 2 is 2.21 bits per heavy atom. The fourth-order valence-electron chi connectivity index (χ4n) is 2.74. The number of carbonyl (C=O) groups is 1. The van der Waals surface area contributed by atoms with E-state index in [-0.39, 0.29) is 11.9 Å². The molecule has 9 heteroatoms. The lowest BCUT2D eigenvalue weighted by atomic mass is 10.2. The van der Waals surface area contributed by atoms with Crippen LogP contribution in [-0.4, -0.2) is 54.8 Å². The molecule has 0 aliphatic carbocycles. The molecule has 9 nitrogen and oxygen atoms in total. The van der Waals surface area contributed by atoms with Gasteiger partial charge < -0.3 is 10.2 Å². The lowest BCUT2D eigenvalue weighted by Gasteiger charge is -2.17. The van der Waals surface area contributed by atoms with Crippen LogP contribution in [0.1, 0.15) is 22.6 Å². The molecule has 3 aromatic heterocycles. The molecule has 4 rings (SSSR count). The zero-order valence-electron chi connectivity index (χ0n) is 13.1. The van der Waals surface area contributed by atoms with E-state index in [1.807, 2.05) is 19.1 Å². The Hall–Kier alpha value is -3.10. The van der Waals surface area contributed by atoms with E-state index in [0.717, 1.165) is 24.5 Å². The number of nitrogens with zero attached hydrogens (tertiary/aromatic N) is 7. The van der Waals surface area contributed by atoms with E-state index in [0.29, 0.717) is 17.9 Å². The molecule has 1 aliphatic rings. The molecular formula is C15H16N8O. The van der Waals surface area contributed by atoms with Crippen molar-refractivity contribution in [1.82, 2.24) is 35.1 Å². The third kappa shape index (κ3) is 2.75. The molecule has 0 aromatic carbocycles. The van der Waals surface area contributed by atoms with Crippen molar-refractivity contribution in [1.29, 1.82) is 0 Å². The SMILES string of the molecule is Cc1cnc(C(=O)NC2CCN(c3ccc4nncn4n3)C2)cn1. The predicted octanol–water partition coefficient (Wildman–Crippen LogP) is 0.231. The predicted molar refractivity (Wildman–Crippen MR) is 85.6 cm³/mol. The number of carbonyl (C=O) groups excluding carboxylic acids is 1. The van der Waals surface area contributed by atoms with Crippen molar-refractivity contribution in [3.05, 3.63) is 42.2 Å². The Morgan fingerprint density at radius 3 is 3.04 bits per heavy atom. The third-order valence-corrected chi connectivity index (χ3v) is 4.01. The molecule has 1 saturated heterocycles. The minimum absolute atomic E-state index is 0.0546. The average Bonchev–Trinajstić information content (AvgIpc) is 3.23. The van der Waals surface area contributed by atoms with Gasteiger partial charge in [-0.2, -0.15) is 4.52 Å². The Labute approximate surface area is 137 Å². The van der Waals surface area contributed by atoms with Gasteiger partial charge in [0.1, 0.15) is 17.8 Å². The summed E-state index contributed by atoms with van der Waals surface area (Å²) in [6.07, 6.45) is 5.52. The molecule has 4 heterocycles. The van der Waals surface area contributed by atoms with Gasteiger partial charge >= 0.3 is 0 Å². The summed E-state index contributed by atoms with van der Waals surface area (Å²) < 4.78 is 1.64. The molecular weight excluding hydrogens is 308 g/mol. The van der Waals surface area contributed by atoms with E-state index < -0.39 is 0 Å². The molecule has 1 unspecified atom stereocenters. The number of fused-ring (bicyclic) bond motifs is 1. The first-order valence-corrected chi connectivity index (χ1v) is 7.70. The molecule has 122 valence electrons. The van der Waals surface area contributed by atoms with Crippen LogP contribution in [0.2, 0.25) is 0 Å². The second-order valence-electron chi connectivity index (χ2n) is 5.77. The van der Waals surface area contributed by atoms with Gasteiger partial charge in [0, 0.05) is 25.3 Å². The summed E-state index contributed by atoms with van der Waals surface area (Å²) in [5, 5.41) is 15.3. The van der Waals surface area contributed by atoms with Crippen molar-refractivity contribution < 1.29 is 4.79 Å². The summed E-state index contributed by atoms with van der Waals surface area (Å²) >= 11 is 0. The van der Waals surface area contributed by atoms with Crippen molar-refractivity contribution in [3.8, 4) is 0 Å². The monoisotopic (exact) mass is 324 g/mol. The summed E-state index contributed by atoms with van der Waals surface area (Å²) in [6.45, 7) is 3.36. The molecule has 1 amide bonds. The highest BCUT2D eigenvalue weighted by Crippen LogP contribution is 2.18. The summed E-state index contributed by atoms with van der Waals surface area (Å²) in [5.74, 6) is 0.644. The van der Waals surface area contributed by atoms with E-state index in [2.05, 4.69) is 35.5 Å². The number of rotatable bonds is 3. The maximum absolute atomic E-state index is 12.2. The van der Waals surface area contributed by atoms with Crippen LogP contribution < -0.4 is 10.2 Å². The fraction of sp³-hybridized carbons (Fsp3) is 0.333. The van der Waals surface area contributed by atoms with Crippen molar-refractivity contribution >= 4 is 17.4 Å². The van der Waals surface area contributed by atoms with E-state index in [1.54, 1.807) is 17.0 Å². The number of aryl methyl sites for hydroxylation is 1. The van der Waals surface area contributed by atoms with Gasteiger partial charge in [-0.25, -0.2) is 4.98 Å².